The van der Waals surface area contributed by atoms with Crippen LogP contribution >= 0.6 is 11.6 Å². The van der Waals surface area contributed by atoms with Gasteiger partial charge in [0, 0.05) is 13.1 Å². The van der Waals surface area contributed by atoms with Gasteiger partial charge in [-0.3, -0.25) is 9.52 Å². The lowest BCUT2D eigenvalue weighted by Crippen LogP contribution is -2.32. The van der Waals surface area contributed by atoms with Gasteiger partial charge in [-0.05, 0) is 55.3 Å². The van der Waals surface area contributed by atoms with Crippen LogP contribution in [0.1, 0.15) is 12.8 Å². The number of halogens is 1. The Balaban J connectivity index is 1.62. The molecule has 1 N–H and O–H groups in total. The fourth-order valence-electron chi connectivity index (χ4n) is 2.86. The fraction of sp³-hybridized carbons (Fsp3) is 0.316. The first-order valence-corrected chi connectivity index (χ1v) is 10.6. The molecule has 0 saturated carbocycles. The Morgan fingerprint density at radius 2 is 1.82 bits per heavy atom. The van der Waals surface area contributed by atoms with Crippen molar-refractivity contribution in [2.75, 3.05) is 31.5 Å². The molecule has 28 heavy (non-hydrogen) atoms. The van der Waals surface area contributed by atoms with Crippen LogP contribution in [0.5, 0.6) is 11.5 Å². The molecule has 1 aliphatic rings. The van der Waals surface area contributed by atoms with Gasteiger partial charge >= 0.3 is 0 Å². The molecule has 9 heteroatoms. The molecule has 0 aliphatic carbocycles. The van der Waals surface area contributed by atoms with Crippen LogP contribution in [0.2, 0.25) is 5.02 Å². The summed E-state index contributed by atoms with van der Waals surface area (Å²) in [5.41, 5.74) is 0.322. The zero-order valence-corrected chi connectivity index (χ0v) is 16.9. The Kier molecular flexibility index (Phi) is 6.31. The number of hydrogen-bond acceptors (Lipinski definition) is 5. The number of anilines is 1. The maximum absolute atomic E-state index is 12.5. The van der Waals surface area contributed by atoms with Gasteiger partial charge < -0.3 is 14.4 Å². The van der Waals surface area contributed by atoms with Gasteiger partial charge in [0.05, 0.1) is 22.7 Å². The van der Waals surface area contributed by atoms with Gasteiger partial charge in [-0.15, -0.1) is 0 Å². The van der Waals surface area contributed by atoms with E-state index in [2.05, 4.69) is 4.72 Å². The normalized spacial score (nSPS) is 14.0. The lowest BCUT2D eigenvalue weighted by Gasteiger charge is -2.15. The summed E-state index contributed by atoms with van der Waals surface area (Å²) in [4.78, 5) is 13.8. The zero-order chi connectivity index (χ0) is 20.1. The highest BCUT2D eigenvalue weighted by Gasteiger charge is 2.19. The first-order valence-electron chi connectivity index (χ1n) is 8.76. The van der Waals surface area contributed by atoms with E-state index in [4.69, 9.17) is 21.1 Å². The number of sulfonamides is 1. The second-order valence-electron chi connectivity index (χ2n) is 6.30. The molecule has 1 fully saturated rings. The van der Waals surface area contributed by atoms with Gasteiger partial charge in [-0.1, -0.05) is 11.6 Å². The van der Waals surface area contributed by atoms with Crippen molar-refractivity contribution in [3.63, 3.8) is 0 Å². The summed E-state index contributed by atoms with van der Waals surface area (Å²) in [5, 5.41) is 0.300. The zero-order valence-electron chi connectivity index (χ0n) is 15.4. The number of hydrogen-bond donors (Lipinski definition) is 1. The Morgan fingerprint density at radius 1 is 1.14 bits per heavy atom. The van der Waals surface area contributed by atoms with Crippen LogP contribution in [0.4, 0.5) is 5.69 Å². The standard InChI is InChI=1S/C19H21ClN2O5S/c1-26-18-9-4-14(12-17(18)20)21-28(24,25)16-7-5-15(6-8-16)27-13-19(23)22-10-2-3-11-22/h4-9,12,21H,2-3,10-11,13H2,1H3. The third-order valence-electron chi connectivity index (χ3n) is 4.36. The molecule has 0 radical (unpaired) electrons. The van der Waals surface area contributed by atoms with E-state index < -0.39 is 10.0 Å². The molecule has 1 saturated heterocycles. The van der Waals surface area contributed by atoms with Crippen LogP contribution in [0.3, 0.4) is 0 Å². The summed E-state index contributed by atoms with van der Waals surface area (Å²) in [6, 6.07) is 10.5. The Hall–Kier alpha value is -2.45. The number of amides is 1. The molecule has 1 heterocycles. The summed E-state index contributed by atoms with van der Waals surface area (Å²) >= 11 is 6.03. The summed E-state index contributed by atoms with van der Waals surface area (Å²) < 4.78 is 38.0. The van der Waals surface area contributed by atoms with E-state index in [0.29, 0.717) is 22.2 Å². The highest BCUT2D eigenvalue weighted by molar-refractivity contribution is 7.92. The van der Waals surface area contributed by atoms with Crippen molar-refractivity contribution < 1.29 is 22.7 Å². The number of carbonyl (C=O) groups is 1. The monoisotopic (exact) mass is 424 g/mol. The van der Waals surface area contributed by atoms with Crippen molar-refractivity contribution >= 4 is 33.2 Å². The maximum Gasteiger partial charge on any atom is 0.261 e. The van der Waals surface area contributed by atoms with Crippen molar-refractivity contribution in [2.45, 2.75) is 17.7 Å². The van der Waals surface area contributed by atoms with E-state index in [0.717, 1.165) is 25.9 Å². The molecule has 0 atom stereocenters. The van der Waals surface area contributed by atoms with Gasteiger partial charge in [0.25, 0.3) is 15.9 Å². The number of carbonyl (C=O) groups excluding carboxylic acids is 1. The van der Waals surface area contributed by atoms with Gasteiger partial charge in [0.1, 0.15) is 11.5 Å². The predicted octanol–water partition coefficient (Wildman–Crippen LogP) is 3.15. The van der Waals surface area contributed by atoms with Gasteiger partial charge in [-0.2, -0.15) is 0 Å². The summed E-state index contributed by atoms with van der Waals surface area (Å²) in [7, 11) is -2.31. The fourth-order valence-corrected chi connectivity index (χ4v) is 4.17. The number of methoxy groups -OCH3 is 1. The van der Waals surface area contributed by atoms with Crippen LogP contribution in [0.15, 0.2) is 47.4 Å². The van der Waals surface area contributed by atoms with Crippen LogP contribution < -0.4 is 14.2 Å². The maximum atomic E-state index is 12.5. The number of nitrogens with zero attached hydrogens (tertiary/aromatic N) is 1. The van der Waals surface area contributed by atoms with Gasteiger partial charge in [-0.25, -0.2) is 8.42 Å². The van der Waals surface area contributed by atoms with Crippen molar-refractivity contribution in [3.05, 3.63) is 47.5 Å². The minimum Gasteiger partial charge on any atom is -0.495 e. The minimum absolute atomic E-state index is 0.0608. The van der Waals surface area contributed by atoms with E-state index in [1.165, 1.54) is 37.4 Å². The molecule has 0 aromatic heterocycles. The average Bonchev–Trinajstić information content (AvgIpc) is 3.21. The lowest BCUT2D eigenvalue weighted by atomic mass is 10.3. The van der Waals surface area contributed by atoms with Crippen LogP contribution in [0.25, 0.3) is 0 Å². The number of benzene rings is 2. The highest BCUT2D eigenvalue weighted by atomic mass is 35.5. The molecule has 2 aromatic rings. The molecule has 0 bridgehead atoms. The molecule has 1 amide bonds. The predicted molar refractivity (Wildman–Crippen MR) is 107 cm³/mol. The molecule has 1 aliphatic heterocycles. The number of ether oxygens (including phenoxy) is 2. The van der Waals surface area contributed by atoms with E-state index >= 15 is 0 Å². The largest absolute Gasteiger partial charge is 0.495 e. The molecule has 3 rings (SSSR count). The minimum atomic E-state index is -3.79. The molecule has 0 spiro atoms. The summed E-state index contributed by atoms with van der Waals surface area (Å²) in [6.45, 7) is 1.47. The third-order valence-corrected chi connectivity index (χ3v) is 6.05. The molecule has 150 valence electrons. The Bertz CT molecular complexity index is 941. The van der Waals surface area contributed by atoms with Gasteiger partial charge in [0.15, 0.2) is 6.61 Å². The van der Waals surface area contributed by atoms with Crippen LogP contribution in [-0.2, 0) is 14.8 Å². The number of nitrogens with one attached hydrogen (secondary N) is 1. The quantitative estimate of drug-likeness (QED) is 0.738. The van der Waals surface area contributed by atoms with E-state index in [-0.39, 0.29) is 17.4 Å². The van der Waals surface area contributed by atoms with Crippen molar-refractivity contribution in [2.24, 2.45) is 0 Å². The molecule has 2 aromatic carbocycles. The van der Waals surface area contributed by atoms with Crippen LogP contribution in [0, 0.1) is 0 Å². The third kappa shape index (κ3) is 4.88. The van der Waals surface area contributed by atoms with Gasteiger partial charge in [0.2, 0.25) is 0 Å². The Labute approximate surface area is 169 Å². The molecular formula is C19H21ClN2O5S. The molecule has 7 nitrogen and oxygen atoms in total. The first kappa shape index (κ1) is 20.3. The van der Waals surface area contributed by atoms with Crippen molar-refractivity contribution in [3.8, 4) is 11.5 Å². The smallest absolute Gasteiger partial charge is 0.261 e. The number of likely N-dealkylation sites (tertiary alicyclic amines) is 1. The van der Waals surface area contributed by atoms with Crippen molar-refractivity contribution in [1.29, 1.82) is 0 Å². The van der Waals surface area contributed by atoms with E-state index in [9.17, 15) is 13.2 Å². The molecule has 0 unspecified atom stereocenters. The highest BCUT2D eigenvalue weighted by Crippen LogP contribution is 2.28. The summed E-state index contributed by atoms with van der Waals surface area (Å²) in [6.07, 6.45) is 2.04. The van der Waals surface area contributed by atoms with E-state index in [1.807, 2.05) is 0 Å². The van der Waals surface area contributed by atoms with Crippen molar-refractivity contribution in [1.82, 2.24) is 4.90 Å². The average molecular weight is 425 g/mol. The summed E-state index contributed by atoms with van der Waals surface area (Å²) in [5.74, 6) is 0.820. The van der Waals surface area contributed by atoms with E-state index in [1.54, 1.807) is 17.0 Å². The Morgan fingerprint density at radius 3 is 2.43 bits per heavy atom. The SMILES string of the molecule is COc1ccc(NS(=O)(=O)c2ccc(OCC(=O)N3CCCC3)cc2)cc1Cl. The second kappa shape index (κ2) is 8.70. The number of rotatable bonds is 7. The lowest BCUT2D eigenvalue weighted by molar-refractivity contribution is -0.132. The first-order chi connectivity index (χ1) is 13.4. The topological polar surface area (TPSA) is 84.9 Å². The van der Waals surface area contributed by atoms with Crippen LogP contribution in [-0.4, -0.2) is 46.0 Å². The molecular weight excluding hydrogens is 404 g/mol. The second-order valence-corrected chi connectivity index (χ2v) is 8.39.